The van der Waals surface area contributed by atoms with Crippen molar-refractivity contribution < 1.29 is 13.9 Å². The number of carbonyl (C=O) groups is 1. The van der Waals surface area contributed by atoms with E-state index in [9.17, 15) is 4.79 Å². The zero-order chi connectivity index (χ0) is 19.5. The van der Waals surface area contributed by atoms with Crippen molar-refractivity contribution in [1.82, 2.24) is 4.98 Å². The van der Waals surface area contributed by atoms with Crippen molar-refractivity contribution in [3.8, 4) is 17.2 Å². The van der Waals surface area contributed by atoms with Gasteiger partial charge in [0.25, 0.3) is 0 Å². The van der Waals surface area contributed by atoms with Crippen LogP contribution in [0.25, 0.3) is 22.6 Å². The predicted molar refractivity (Wildman–Crippen MR) is 110 cm³/mol. The third-order valence-corrected chi connectivity index (χ3v) is 4.54. The molecule has 0 atom stereocenters. The SMILES string of the molecule is COc1ccc(-c2nc3ccccc3o2)cc1NC(=O)Cc1ccc(Cl)cc1. The quantitative estimate of drug-likeness (QED) is 0.498. The van der Waals surface area contributed by atoms with E-state index in [0.717, 1.165) is 16.6 Å². The Morgan fingerprint density at radius 1 is 1.11 bits per heavy atom. The molecule has 1 N–H and O–H groups in total. The second-order valence-electron chi connectivity index (χ2n) is 6.25. The number of para-hydroxylation sites is 2. The molecule has 6 heteroatoms. The number of carbonyl (C=O) groups excluding carboxylic acids is 1. The maximum absolute atomic E-state index is 12.5. The van der Waals surface area contributed by atoms with Crippen LogP contribution in [0.1, 0.15) is 5.56 Å². The van der Waals surface area contributed by atoms with Crippen LogP contribution in [0.2, 0.25) is 5.02 Å². The molecule has 3 aromatic carbocycles. The predicted octanol–water partition coefficient (Wildman–Crippen LogP) is 5.34. The minimum atomic E-state index is -0.157. The molecule has 0 unspecified atom stereocenters. The molecule has 0 fully saturated rings. The van der Waals surface area contributed by atoms with Gasteiger partial charge in [-0.3, -0.25) is 4.79 Å². The van der Waals surface area contributed by atoms with Gasteiger partial charge in [-0.2, -0.15) is 0 Å². The first-order valence-electron chi connectivity index (χ1n) is 8.70. The van der Waals surface area contributed by atoms with E-state index >= 15 is 0 Å². The van der Waals surface area contributed by atoms with Gasteiger partial charge in [-0.05, 0) is 48.0 Å². The summed E-state index contributed by atoms with van der Waals surface area (Å²) in [6.07, 6.45) is 0.230. The van der Waals surface area contributed by atoms with Crippen LogP contribution in [0.3, 0.4) is 0 Å². The van der Waals surface area contributed by atoms with Crippen molar-refractivity contribution in [3.05, 3.63) is 77.3 Å². The summed E-state index contributed by atoms with van der Waals surface area (Å²) < 4.78 is 11.2. The van der Waals surface area contributed by atoms with Crippen LogP contribution < -0.4 is 10.1 Å². The number of nitrogens with zero attached hydrogens (tertiary/aromatic N) is 1. The second kappa shape index (κ2) is 7.74. The Bertz CT molecular complexity index is 1100. The first-order chi connectivity index (χ1) is 13.6. The van der Waals surface area contributed by atoms with E-state index in [2.05, 4.69) is 10.3 Å². The van der Waals surface area contributed by atoms with E-state index in [4.69, 9.17) is 20.8 Å². The normalized spacial score (nSPS) is 10.8. The van der Waals surface area contributed by atoms with Gasteiger partial charge >= 0.3 is 0 Å². The lowest BCUT2D eigenvalue weighted by molar-refractivity contribution is -0.115. The number of halogens is 1. The Kier molecular flexibility index (Phi) is 5.00. The molecule has 0 spiro atoms. The van der Waals surface area contributed by atoms with Gasteiger partial charge in [0, 0.05) is 10.6 Å². The number of nitrogens with one attached hydrogen (secondary N) is 1. The average Bonchev–Trinajstić information content (AvgIpc) is 3.14. The molecule has 4 rings (SSSR count). The van der Waals surface area contributed by atoms with Gasteiger partial charge in [-0.15, -0.1) is 0 Å². The fraction of sp³-hybridized carbons (Fsp3) is 0.0909. The Morgan fingerprint density at radius 2 is 1.89 bits per heavy atom. The maximum Gasteiger partial charge on any atom is 0.228 e. The highest BCUT2D eigenvalue weighted by Crippen LogP contribution is 2.32. The fourth-order valence-corrected chi connectivity index (χ4v) is 3.04. The number of benzene rings is 3. The van der Waals surface area contributed by atoms with Gasteiger partial charge in [-0.25, -0.2) is 4.98 Å². The molecule has 1 aromatic heterocycles. The summed E-state index contributed by atoms with van der Waals surface area (Å²) in [4.78, 5) is 17.0. The van der Waals surface area contributed by atoms with Gasteiger partial charge in [-0.1, -0.05) is 35.9 Å². The second-order valence-corrected chi connectivity index (χ2v) is 6.69. The fourth-order valence-electron chi connectivity index (χ4n) is 2.92. The first-order valence-corrected chi connectivity index (χ1v) is 9.08. The van der Waals surface area contributed by atoms with E-state index in [-0.39, 0.29) is 12.3 Å². The smallest absolute Gasteiger partial charge is 0.228 e. The number of aromatic nitrogens is 1. The summed E-state index contributed by atoms with van der Waals surface area (Å²) in [5.41, 5.74) is 3.67. The number of fused-ring (bicyclic) bond motifs is 1. The Morgan fingerprint density at radius 3 is 2.64 bits per heavy atom. The summed E-state index contributed by atoms with van der Waals surface area (Å²) in [6.45, 7) is 0. The third kappa shape index (κ3) is 3.85. The summed E-state index contributed by atoms with van der Waals surface area (Å²) in [5.74, 6) is 0.886. The van der Waals surface area contributed by atoms with Crippen molar-refractivity contribution in [1.29, 1.82) is 0 Å². The number of ether oxygens (including phenoxy) is 1. The molecule has 4 aromatic rings. The molecule has 0 saturated heterocycles. The van der Waals surface area contributed by atoms with Crippen LogP contribution in [0, 0.1) is 0 Å². The molecule has 1 amide bonds. The van der Waals surface area contributed by atoms with Crippen LogP contribution in [0.4, 0.5) is 5.69 Å². The molecular weight excluding hydrogens is 376 g/mol. The standard InChI is InChI=1S/C22H17ClN2O3/c1-27-19-11-8-15(22-25-17-4-2-3-5-20(17)28-22)13-18(19)24-21(26)12-14-6-9-16(23)10-7-14/h2-11,13H,12H2,1H3,(H,24,26). The molecule has 28 heavy (non-hydrogen) atoms. The summed E-state index contributed by atoms with van der Waals surface area (Å²) in [7, 11) is 1.56. The van der Waals surface area contributed by atoms with Gasteiger partial charge in [0.1, 0.15) is 11.3 Å². The van der Waals surface area contributed by atoms with Crippen LogP contribution in [0.15, 0.2) is 71.1 Å². The molecule has 140 valence electrons. The van der Waals surface area contributed by atoms with Crippen LogP contribution >= 0.6 is 11.6 Å². The molecular formula is C22H17ClN2O3. The zero-order valence-corrected chi connectivity index (χ0v) is 15.9. The van der Waals surface area contributed by atoms with Gasteiger partial charge in [0.05, 0.1) is 19.2 Å². The highest BCUT2D eigenvalue weighted by molar-refractivity contribution is 6.30. The average molecular weight is 393 g/mol. The van der Waals surface area contributed by atoms with Crippen LogP contribution in [-0.4, -0.2) is 18.0 Å². The third-order valence-electron chi connectivity index (χ3n) is 4.29. The number of rotatable bonds is 5. The van der Waals surface area contributed by atoms with Crippen LogP contribution in [0.5, 0.6) is 5.75 Å². The largest absolute Gasteiger partial charge is 0.495 e. The topological polar surface area (TPSA) is 64.4 Å². The number of methoxy groups -OCH3 is 1. The lowest BCUT2D eigenvalue weighted by Crippen LogP contribution is -2.15. The van der Waals surface area contributed by atoms with Crippen molar-refractivity contribution >= 4 is 34.3 Å². The van der Waals surface area contributed by atoms with E-state index < -0.39 is 0 Å². The van der Waals surface area contributed by atoms with Crippen molar-refractivity contribution in [2.75, 3.05) is 12.4 Å². The number of anilines is 1. The first kappa shape index (κ1) is 18.1. The molecule has 0 radical (unpaired) electrons. The maximum atomic E-state index is 12.5. The zero-order valence-electron chi connectivity index (χ0n) is 15.1. The van der Waals surface area contributed by atoms with Gasteiger partial charge < -0.3 is 14.5 Å². The molecule has 0 saturated carbocycles. The number of hydrogen-bond acceptors (Lipinski definition) is 4. The van der Waals surface area contributed by atoms with E-state index in [1.165, 1.54) is 0 Å². The van der Waals surface area contributed by atoms with Crippen molar-refractivity contribution in [2.45, 2.75) is 6.42 Å². The van der Waals surface area contributed by atoms with Crippen LogP contribution in [-0.2, 0) is 11.2 Å². The lowest BCUT2D eigenvalue weighted by Gasteiger charge is -2.11. The van der Waals surface area contributed by atoms with Crippen molar-refractivity contribution in [3.63, 3.8) is 0 Å². The van der Waals surface area contributed by atoms with Crippen molar-refractivity contribution in [2.24, 2.45) is 0 Å². The summed E-state index contributed by atoms with van der Waals surface area (Å²) in [6, 6.07) is 20.2. The summed E-state index contributed by atoms with van der Waals surface area (Å²) in [5, 5.41) is 3.54. The Hall–Kier alpha value is -3.31. The number of amides is 1. The van der Waals surface area contributed by atoms with E-state index in [1.807, 2.05) is 42.5 Å². The molecule has 0 aliphatic heterocycles. The number of oxazole rings is 1. The monoisotopic (exact) mass is 392 g/mol. The highest BCUT2D eigenvalue weighted by atomic mass is 35.5. The lowest BCUT2D eigenvalue weighted by atomic mass is 10.1. The molecule has 5 nitrogen and oxygen atoms in total. The molecule has 0 bridgehead atoms. The molecule has 0 aliphatic carbocycles. The van der Waals surface area contributed by atoms with E-state index in [0.29, 0.717) is 27.9 Å². The van der Waals surface area contributed by atoms with Gasteiger partial charge in [0.15, 0.2) is 5.58 Å². The molecule has 1 heterocycles. The Labute approximate surface area is 166 Å². The molecule has 0 aliphatic rings. The minimum Gasteiger partial charge on any atom is -0.495 e. The summed E-state index contributed by atoms with van der Waals surface area (Å²) >= 11 is 5.89. The Balaban J connectivity index is 1.59. The minimum absolute atomic E-state index is 0.157. The highest BCUT2D eigenvalue weighted by Gasteiger charge is 2.13. The van der Waals surface area contributed by atoms with Gasteiger partial charge in [0.2, 0.25) is 11.8 Å². The van der Waals surface area contributed by atoms with E-state index in [1.54, 1.807) is 31.4 Å². The number of hydrogen-bond donors (Lipinski definition) is 1.